The highest BCUT2D eigenvalue weighted by Gasteiger charge is 2.15. The van der Waals surface area contributed by atoms with Crippen molar-refractivity contribution in [3.63, 3.8) is 0 Å². The summed E-state index contributed by atoms with van der Waals surface area (Å²) in [5.74, 6) is 0. The molecule has 0 unspecified atom stereocenters. The molecule has 8 heteroatoms. The highest BCUT2D eigenvalue weighted by Crippen LogP contribution is 2.36. The van der Waals surface area contributed by atoms with Crippen molar-refractivity contribution in [3.8, 4) is 0 Å². The van der Waals surface area contributed by atoms with E-state index in [9.17, 15) is 8.42 Å². The van der Waals surface area contributed by atoms with Crippen molar-refractivity contribution in [3.05, 3.63) is 23.2 Å². The number of nitrogens with zero attached hydrogens (tertiary/aromatic N) is 2. The van der Waals surface area contributed by atoms with E-state index >= 15 is 0 Å². The van der Waals surface area contributed by atoms with Gasteiger partial charge in [0.05, 0.1) is 10.6 Å². The summed E-state index contributed by atoms with van der Waals surface area (Å²) in [6.07, 6.45) is 1.14. The second-order valence-electron chi connectivity index (χ2n) is 3.63. The molecule has 0 aliphatic rings. The van der Waals surface area contributed by atoms with Crippen LogP contribution in [0.2, 0.25) is 0 Å². The van der Waals surface area contributed by atoms with Crippen LogP contribution in [0.4, 0.5) is 5.69 Å². The van der Waals surface area contributed by atoms with E-state index in [1.165, 1.54) is 29.2 Å². The molecule has 0 amide bonds. The molecule has 2 rings (SSSR count). The first-order valence-corrected chi connectivity index (χ1v) is 8.47. The molecule has 0 aliphatic carbocycles. The van der Waals surface area contributed by atoms with Crippen molar-refractivity contribution in [2.24, 2.45) is 0 Å². The van der Waals surface area contributed by atoms with Gasteiger partial charge in [0.25, 0.3) is 0 Å². The molecule has 2 N–H and O–H groups in total. The average molecular weight is 301 g/mol. The lowest BCUT2D eigenvalue weighted by Crippen LogP contribution is -2.03. The number of para-hydroxylation sites is 1. The molecule has 0 aliphatic heterocycles. The molecule has 0 saturated carbocycles. The van der Waals surface area contributed by atoms with E-state index in [1.54, 1.807) is 12.1 Å². The maximum absolute atomic E-state index is 11.5. The average Bonchev–Trinajstić information content (AvgIpc) is 2.65. The summed E-state index contributed by atoms with van der Waals surface area (Å²) in [7, 11) is -3.31. The Balaban J connectivity index is 2.41. The van der Waals surface area contributed by atoms with Gasteiger partial charge < -0.3 is 5.73 Å². The number of benzene rings is 1. The zero-order chi connectivity index (χ0) is 13.3. The predicted octanol–water partition coefficient (Wildman–Crippen LogP) is 1.98. The fraction of sp³-hybridized carbons (Fsp3) is 0.200. The molecule has 0 fully saturated rings. The van der Waals surface area contributed by atoms with Crippen molar-refractivity contribution in [1.82, 2.24) is 10.2 Å². The number of hydrogen-bond acceptors (Lipinski definition) is 7. The van der Waals surface area contributed by atoms with Gasteiger partial charge in [0.1, 0.15) is 5.01 Å². The molecule has 2 aromatic rings. The highest BCUT2D eigenvalue weighted by atomic mass is 32.2. The Labute approximate surface area is 113 Å². The van der Waals surface area contributed by atoms with Crippen molar-refractivity contribution in [1.29, 1.82) is 0 Å². The van der Waals surface area contributed by atoms with Gasteiger partial charge in [-0.05, 0) is 19.1 Å². The Bertz CT molecular complexity index is 679. The molecule has 0 atom stereocenters. The smallest absolute Gasteiger partial charge is 0.179 e. The van der Waals surface area contributed by atoms with Gasteiger partial charge in [-0.2, -0.15) is 0 Å². The summed E-state index contributed by atoms with van der Waals surface area (Å²) in [5.41, 5.74) is 6.14. The molecular weight excluding hydrogens is 290 g/mol. The normalized spacial score (nSPS) is 11.7. The number of sulfone groups is 1. The fourth-order valence-electron chi connectivity index (χ4n) is 1.35. The molecule has 5 nitrogen and oxygen atoms in total. The lowest BCUT2D eigenvalue weighted by Gasteiger charge is -2.07. The predicted molar refractivity (Wildman–Crippen MR) is 72.7 cm³/mol. The van der Waals surface area contributed by atoms with Crippen LogP contribution in [0.25, 0.3) is 0 Å². The third-order valence-corrected chi connectivity index (χ3v) is 5.25. The van der Waals surface area contributed by atoms with Gasteiger partial charge in [0, 0.05) is 11.2 Å². The number of aromatic nitrogens is 2. The van der Waals surface area contributed by atoms with E-state index in [-0.39, 0.29) is 10.6 Å². The lowest BCUT2D eigenvalue weighted by molar-refractivity contribution is 0.602. The largest absolute Gasteiger partial charge is 0.397 e. The Hall–Kier alpha value is -1.12. The molecule has 1 heterocycles. The topological polar surface area (TPSA) is 85.9 Å². The van der Waals surface area contributed by atoms with Crippen LogP contribution in [0.3, 0.4) is 0 Å². The monoisotopic (exact) mass is 301 g/mol. The second-order valence-corrected chi connectivity index (χ2v) is 8.08. The van der Waals surface area contributed by atoms with E-state index in [0.717, 1.165) is 15.6 Å². The van der Waals surface area contributed by atoms with Crippen LogP contribution in [-0.4, -0.2) is 24.9 Å². The van der Waals surface area contributed by atoms with Crippen LogP contribution in [0.5, 0.6) is 0 Å². The first-order valence-electron chi connectivity index (χ1n) is 4.94. The molecule has 1 aromatic carbocycles. The van der Waals surface area contributed by atoms with Crippen molar-refractivity contribution in [2.45, 2.75) is 21.1 Å². The summed E-state index contributed by atoms with van der Waals surface area (Å²) in [5, 5.41) is 8.73. The summed E-state index contributed by atoms with van der Waals surface area (Å²) in [4.78, 5) is 0.822. The molecule has 18 heavy (non-hydrogen) atoms. The van der Waals surface area contributed by atoms with Crippen LogP contribution in [-0.2, 0) is 9.84 Å². The molecular formula is C10H11N3O2S3. The van der Waals surface area contributed by atoms with Gasteiger partial charge in [-0.15, -0.1) is 10.2 Å². The fourth-order valence-corrected chi connectivity index (χ4v) is 4.10. The van der Waals surface area contributed by atoms with E-state index < -0.39 is 9.84 Å². The SMILES string of the molecule is Cc1nnc(Sc2cccc(S(C)(=O)=O)c2N)s1. The van der Waals surface area contributed by atoms with Gasteiger partial charge in [0.15, 0.2) is 14.2 Å². The van der Waals surface area contributed by atoms with Gasteiger partial charge in [-0.3, -0.25) is 0 Å². The number of nitrogen functional groups attached to an aromatic ring is 1. The molecule has 0 bridgehead atoms. The minimum atomic E-state index is -3.31. The number of nitrogens with two attached hydrogens (primary N) is 1. The first kappa shape index (κ1) is 13.3. The third-order valence-electron chi connectivity index (χ3n) is 2.13. The maximum Gasteiger partial charge on any atom is 0.179 e. The number of aryl methyl sites for hydroxylation is 1. The third kappa shape index (κ3) is 2.82. The molecule has 0 radical (unpaired) electrons. The number of hydrogen-bond donors (Lipinski definition) is 1. The minimum Gasteiger partial charge on any atom is -0.397 e. The number of rotatable bonds is 3. The second kappa shape index (κ2) is 4.87. The zero-order valence-electron chi connectivity index (χ0n) is 9.75. The summed E-state index contributed by atoms with van der Waals surface area (Å²) in [6.45, 7) is 1.86. The van der Waals surface area contributed by atoms with E-state index in [2.05, 4.69) is 10.2 Å². The summed E-state index contributed by atoms with van der Waals surface area (Å²) in [6, 6.07) is 4.94. The van der Waals surface area contributed by atoms with Crippen LogP contribution in [0.15, 0.2) is 32.3 Å². The van der Waals surface area contributed by atoms with E-state index in [4.69, 9.17) is 5.73 Å². The molecule has 1 aromatic heterocycles. The van der Waals surface area contributed by atoms with Crippen molar-refractivity contribution < 1.29 is 8.42 Å². The van der Waals surface area contributed by atoms with Crippen molar-refractivity contribution in [2.75, 3.05) is 12.0 Å². The Kier molecular flexibility index (Phi) is 3.60. The highest BCUT2D eigenvalue weighted by molar-refractivity contribution is 8.01. The Morgan fingerprint density at radius 2 is 2.06 bits per heavy atom. The summed E-state index contributed by atoms with van der Waals surface area (Å²) >= 11 is 2.76. The summed E-state index contributed by atoms with van der Waals surface area (Å²) < 4.78 is 23.8. The molecule has 0 spiro atoms. The quantitative estimate of drug-likeness (QED) is 0.872. The van der Waals surface area contributed by atoms with Crippen LogP contribution in [0.1, 0.15) is 5.01 Å². The van der Waals surface area contributed by atoms with Crippen molar-refractivity contribution >= 4 is 38.6 Å². The van der Waals surface area contributed by atoms with Gasteiger partial charge in [-0.25, -0.2) is 8.42 Å². The molecule has 0 saturated heterocycles. The van der Waals surface area contributed by atoms with Crippen LogP contribution < -0.4 is 5.73 Å². The van der Waals surface area contributed by atoms with Gasteiger partial charge >= 0.3 is 0 Å². The zero-order valence-corrected chi connectivity index (χ0v) is 12.2. The standard InChI is InChI=1S/C10H11N3O2S3/c1-6-12-13-10(16-6)17-7-4-3-5-8(9(7)11)18(2,14)15/h3-5H,11H2,1-2H3. The lowest BCUT2D eigenvalue weighted by atomic mass is 10.3. The Morgan fingerprint density at radius 3 is 2.61 bits per heavy atom. The van der Waals surface area contributed by atoms with Gasteiger partial charge in [0.2, 0.25) is 0 Å². The van der Waals surface area contributed by atoms with E-state index in [0.29, 0.717) is 4.90 Å². The molecule has 96 valence electrons. The van der Waals surface area contributed by atoms with Crippen LogP contribution >= 0.6 is 23.1 Å². The first-order chi connectivity index (χ1) is 8.38. The Morgan fingerprint density at radius 1 is 1.33 bits per heavy atom. The van der Waals surface area contributed by atoms with E-state index in [1.807, 2.05) is 6.92 Å². The van der Waals surface area contributed by atoms with Crippen LogP contribution in [0, 0.1) is 6.92 Å². The number of anilines is 1. The minimum absolute atomic E-state index is 0.147. The maximum atomic E-state index is 11.5. The van der Waals surface area contributed by atoms with Gasteiger partial charge in [-0.1, -0.05) is 29.2 Å².